The Morgan fingerprint density at radius 2 is 2.10 bits per heavy atom. The molecule has 0 aliphatic heterocycles. The van der Waals surface area contributed by atoms with Crippen LogP contribution >= 0.6 is 0 Å². The smallest absolute Gasteiger partial charge is 0.282 e. The van der Waals surface area contributed by atoms with Gasteiger partial charge in [-0.25, -0.2) is 5.43 Å². The van der Waals surface area contributed by atoms with E-state index in [-0.39, 0.29) is 12.2 Å². The Morgan fingerprint density at radius 1 is 1.35 bits per heavy atom. The molecule has 1 heterocycles. The van der Waals surface area contributed by atoms with Gasteiger partial charge < -0.3 is 0 Å². The fourth-order valence-corrected chi connectivity index (χ4v) is 1.59. The minimum atomic E-state index is -0.450. The van der Waals surface area contributed by atoms with Crippen LogP contribution in [0.3, 0.4) is 0 Å². The summed E-state index contributed by atoms with van der Waals surface area (Å²) in [7, 11) is 0. The molecule has 7 heteroatoms. The van der Waals surface area contributed by atoms with Gasteiger partial charge in [0.15, 0.2) is 5.69 Å². The molecule has 20 heavy (non-hydrogen) atoms. The Balaban J connectivity index is 2.14. The third-order valence-electron chi connectivity index (χ3n) is 2.55. The fourth-order valence-electron chi connectivity index (χ4n) is 1.59. The molecule has 102 valence electrons. The zero-order chi connectivity index (χ0) is 14.4. The standard InChI is InChI=1S/C13H13N5O2/c1-9-7-11(16-15-9)13(19)18-17-12(8-14-20)10-5-3-2-4-6-10/h2-7H,8H2,1H3,(H,15,16)(H,18,19). The fraction of sp³-hybridized carbons (Fsp3) is 0.154. The molecule has 0 bridgehead atoms. The van der Waals surface area contributed by atoms with Crippen LogP contribution in [0.1, 0.15) is 21.7 Å². The van der Waals surface area contributed by atoms with Crippen molar-refractivity contribution >= 4 is 11.6 Å². The first-order valence-electron chi connectivity index (χ1n) is 5.94. The maximum absolute atomic E-state index is 11.8. The highest BCUT2D eigenvalue weighted by atomic mass is 16.3. The van der Waals surface area contributed by atoms with Crippen LogP contribution in [0, 0.1) is 11.8 Å². The second-order valence-corrected chi connectivity index (χ2v) is 4.09. The molecule has 0 fully saturated rings. The van der Waals surface area contributed by atoms with Gasteiger partial charge in [-0.1, -0.05) is 35.5 Å². The van der Waals surface area contributed by atoms with E-state index in [1.54, 1.807) is 25.1 Å². The molecular weight excluding hydrogens is 258 g/mol. The number of nitroso groups, excluding NO2 is 1. The van der Waals surface area contributed by atoms with E-state index in [4.69, 9.17) is 0 Å². The van der Waals surface area contributed by atoms with Crippen molar-refractivity contribution in [1.29, 1.82) is 0 Å². The Labute approximate surface area is 115 Å². The average Bonchev–Trinajstić information content (AvgIpc) is 2.91. The molecule has 1 amide bonds. The van der Waals surface area contributed by atoms with E-state index in [9.17, 15) is 9.70 Å². The van der Waals surface area contributed by atoms with E-state index in [0.29, 0.717) is 5.71 Å². The molecule has 1 aromatic carbocycles. The largest absolute Gasteiger partial charge is 0.291 e. The number of hydrazone groups is 1. The first-order chi connectivity index (χ1) is 9.70. The van der Waals surface area contributed by atoms with Crippen molar-refractivity contribution in [3.05, 3.63) is 58.3 Å². The van der Waals surface area contributed by atoms with Crippen molar-refractivity contribution < 1.29 is 4.79 Å². The summed E-state index contributed by atoms with van der Waals surface area (Å²) in [6, 6.07) is 10.7. The molecule has 0 unspecified atom stereocenters. The van der Waals surface area contributed by atoms with Gasteiger partial charge in [0, 0.05) is 5.69 Å². The molecule has 2 N–H and O–H groups in total. The highest BCUT2D eigenvalue weighted by Crippen LogP contribution is 2.02. The van der Waals surface area contributed by atoms with Crippen LogP contribution in [0.4, 0.5) is 0 Å². The first-order valence-corrected chi connectivity index (χ1v) is 5.94. The predicted molar refractivity (Wildman–Crippen MR) is 74.4 cm³/mol. The third-order valence-corrected chi connectivity index (χ3v) is 2.55. The maximum atomic E-state index is 11.8. The van der Waals surface area contributed by atoms with Crippen molar-refractivity contribution in [2.24, 2.45) is 10.3 Å². The molecule has 0 atom stereocenters. The molecule has 0 spiro atoms. The van der Waals surface area contributed by atoms with Crippen molar-refractivity contribution in [2.45, 2.75) is 6.92 Å². The monoisotopic (exact) mass is 271 g/mol. The number of aromatic nitrogens is 2. The number of carbonyl (C=O) groups excluding carboxylic acids is 1. The Bertz CT molecular complexity index is 633. The number of amides is 1. The van der Waals surface area contributed by atoms with E-state index < -0.39 is 5.91 Å². The van der Waals surface area contributed by atoms with Gasteiger partial charge in [0.2, 0.25) is 0 Å². The molecular formula is C13H13N5O2. The Hall–Kier alpha value is -2.83. The zero-order valence-electron chi connectivity index (χ0n) is 10.8. The number of carbonyl (C=O) groups is 1. The summed E-state index contributed by atoms with van der Waals surface area (Å²) in [5.41, 5.74) is 4.49. The molecule has 0 aliphatic carbocycles. The Morgan fingerprint density at radius 3 is 2.70 bits per heavy atom. The quantitative estimate of drug-likeness (QED) is 0.491. The number of hydrogen-bond acceptors (Lipinski definition) is 5. The van der Waals surface area contributed by atoms with Crippen molar-refractivity contribution in [3.8, 4) is 0 Å². The lowest BCUT2D eigenvalue weighted by Gasteiger charge is -2.02. The van der Waals surface area contributed by atoms with Crippen molar-refractivity contribution in [1.82, 2.24) is 15.6 Å². The summed E-state index contributed by atoms with van der Waals surface area (Å²) in [5, 5.41) is 13.2. The topological polar surface area (TPSA) is 99.6 Å². The summed E-state index contributed by atoms with van der Waals surface area (Å²) in [4.78, 5) is 22.2. The lowest BCUT2D eigenvalue weighted by molar-refractivity contribution is 0.0950. The SMILES string of the molecule is Cc1cc(C(=O)NN=C(CN=O)c2ccccc2)n[nH]1. The number of aromatic amines is 1. The van der Waals surface area contributed by atoms with Crippen LogP contribution in [0.5, 0.6) is 0 Å². The number of hydrogen-bond donors (Lipinski definition) is 2. The number of rotatable bonds is 5. The number of benzene rings is 1. The maximum Gasteiger partial charge on any atom is 0.291 e. The summed E-state index contributed by atoms with van der Waals surface area (Å²) in [6.07, 6.45) is 0. The molecule has 1 aromatic heterocycles. The lowest BCUT2D eigenvalue weighted by Crippen LogP contribution is -2.21. The predicted octanol–water partition coefficient (Wildman–Crippen LogP) is 1.62. The molecule has 0 saturated heterocycles. The second kappa shape index (κ2) is 6.37. The number of nitrogens with one attached hydrogen (secondary N) is 2. The first kappa shape index (κ1) is 13.6. The van der Waals surface area contributed by atoms with E-state index in [1.165, 1.54) is 0 Å². The second-order valence-electron chi connectivity index (χ2n) is 4.09. The highest BCUT2D eigenvalue weighted by molar-refractivity contribution is 6.03. The van der Waals surface area contributed by atoms with Gasteiger partial charge in [-0.2, -0.15) is 15.1 Å². The van der Waals surface area contributed by atoms with E-state index in [0.717, 1.165) is 11.3 Å². The van der Waals surface area contributed by atoms with Gasteiger partial charge in [0.25, 0.3) is 5.91 Å². The lowest BCUT2D eigenvalue weighted by atomic mass is 10.1. The van der Waals surface area contributed by atoms with Crippen LogP contribution in [-0.2, 0) is 0 Å². The van der Waals surface area contributed by atoms with E-state index in [1.807, 2.05) is 18.2 Å². The van der Waals surface area contributed by atoms with Crippen LogP contribution in [0.25, 0.3) is 0 Å². The van der Waals surface area contributed by atoms with Gasteiger partial charge in [0.1, 0.15) is 6.54 Å². The van der Waals surface area contributed by atoms with Gasteiger partial charge in [-0.3, -0.25) is 9.89 Å². The van der Waals surface area contributed by atoms with E-state index in [2.05, 4.69) is 25.9 Å². The Kier molecular flexibility index (Phi) is 4.33. The van der Waals surface area contributed by atoms with Crippen LogP contribution in [0.2, 0.25) is 0 Å². The third kappa shape index (κ3) is 3.35. The van der Waals surface area contributed by atoms with E-state index >= 15 is 0 Å². The average molecular weight is 271 g/mol. The van der Waals surface area contributed by atoms with Crippen molar-refractivity contribution in [3.63, 3.8) is 0 Å². The summed E-state index contributed by atoms with van der Waals surface area (Å²) in [5.74, 6) is -0.450. The number of aryl methyl sites for hydroxylation is 1. The number of nitrogens with zero attached hydrogens (tertiary/aromatic N) is 3. The van der Waals surface area contributed by atoms with Crippen molar-refractivity contribution in [2.75, 3.05) is 6.54 Å². The molecule has 2 aromatic rings. The van der Waals surface area contributed by atoms with Gasteiger partial charge in [0.05, 0.1) is 5.71 Å². The highest BCUT2D eigenvalue weighted by Gasteiger charge is 2.09. The molecule has 0 aliphatic rings. The normalized spacial score (nSPS) is 11.2. The molecule has 2 rings (SSSR count). The van der Waals surface area contributed by atoms with Gasteiger partial charge in [-0.05, 0) is 18.6 Å². The van der Waals surface area contributed by atoms with Crippen LogP contribution in [0.15, 0.2) is 46.7 Å². The molecule has 0 radical (unpaired) electrons. The number of H-pyrrole nitrogens is 1. The summed E-state index contributed by atoms with van der Waals surface area (Å²) >= 11 is 0. The molecule has 0 saturated carbocycles. The minimum Gasteiger partial charge on any atom is -0.282 e. The summed E-state index contributed by atoms with van der Waals surface area (Å²) in [6.45, 7) is 1.67. The van der Waals surface area contributed by atoms with Crippen LogP contribution < -0.4 is 5.43 Å². The van der Waals surface area contributed by atoms with Crippen LogP contribution in [-0.4, -0.2) is 28.4 Å². The molecule has 7 nitrogen and oxygen atoms in total. The summed E-state index contributed by atoms with van der Waals surface area (Å²) < 4.78 is 0. The van der Waals surface area contributed by atoms with Gasteiger partial charge in [-0.15, -0.1) is 0 Å². The van der Waals surface area contributed by atoms with Gasteiger partial charge >= 0.3 is 0 Å². The minimum absolute atomic E-state index is 0.121. The zero-order valence-corrected chi connectivity index (χ0v) is 10.8.